The van der Waals surface area contributed by atoms with Gasteiger partial charge in [-0.25, -0.2) is 0 Å². The lowest BCUT2D eigenvalue weighted by Crippen LogP contribution is -2.30. The largest absolute Gasteiger partial charge is 0.507 e. The Hall–Kier alpha value is -4.29. The molecule has 1 aliphatic rings. The number of fused-ring (bicyclic) bond motifs is 4. The van der Waals surface area contributed by atoms with E-state index in [2.05, 4.69) is 4.98 Å². The van der Waals surface area contributed by atoms with Gasteiger partial charge in [-0.1, -0.05) is 30.3 Å². The van der Waals surface area contributed by atoms with Crippen molar-refractivity contribution in [3.05, 3.63) is 101 Å². The summed E-state index contributed by atoms with van der Waals surface area (Å²) in [5.74, 6) is 0.262. The molecule has 0 bridgehead atoms. The second kappa shape index (κ2) is 8.98. The number of ketones is 1. The third kappa shape index (κ3) is 3.99. The van der Waals surface area contributed by atoms with Crippen molar-refractivity contribution in [2.24, 2.45) is 0 Å². The SMILES string of the molecule is Nc1ccc(C(=O)Cc2ccc3[nH]c(C(=O)N4CC(CCl)c5c4cc(O)c4ccccc54)cc3c2)cc1. The number of hydrogen-bond acceptors (Lipinski definition) is 4. The topological polar surface area (TPSA) is 99.4 Å². The minimum Gasteiger partial charge on any atom is -0.507 e. The number of benzene rings is 4. The number of hydrogen-bond donors (Lipinski definition) is 3. The molecule has 0 saturated carbocycles. The van der Waals surface area contributed by atoms with Crippen molar-refractivity contribution in [2.45, 2.75) is 12.3 Å². The van der Waals surface area contributed by atoms with E-state index in [1.54, 1.807) is 35.2 Å². The summed E-state index contributed by atoms with van der Waals surface area (Å²) in [4.78, 5) is 31.3. The number of aromatic amines is 1. The molecule has 0 saturated heterocycles. The number of nitrogens with one attached hydrogen (secondary N) is 1. The highest BCUT2D eigenvalue weighted by atomic mass is 35.5. The van der Waals surface area contributed by atoms with Gasteiger partial charge in [-0.3, -0.25) is 9.59 Å². The van der Waals surface area contributed by atoms with Gasteiger partial charge in [0, 0.05) is 58.4 Å². The van der Waals surface area contributed by atoms with Crippen molar-refractivity contribution >= 4 is 56.3 Å². The molecule has 184 valence electrons. The van der Waals surface area contributed by atoms with Crippen molar-refractivity contribution in [3.63, 3.8) is 0 Å². The Morgan fingerprint density at radius 1 is 1.00 bits per heavy atom. The molecule has 4 N–H and O–H groups in total. The number of carbonyl (C=O) groups is 2. The normalized spacial score (nSPS) is 14.8. The first-order valence-corrected chi connectivity index (χ1v) is 12.6. The van der Waals surface area contributed by atoms with Gasteiger partial charge in [0.15, 0.2) is 5.78 Å². The van der Waals surface area contributed by atoms with Crippen molar-refractivity contribution in [2.75, 3.05) is 23.1 Å². The number of H-pyrrole nitrogens is 1. The van der Waals surface area contributed by atoms with E-state index in [0.717, 1.165) is 32.8 Å². The number of rotatable bonds is 5. The lowest BCUT2D eigenvalue weighted by atomic mass is 9.95. The van der Waals surface area contributed by atoms with E-state index in [1.165, 1.54) is 0 Å². The molecule has 37 heavy (non-hydrogen) atoms. The van der Waals surface area contributed by atoms with Crippen molar-refractivity contribution in [1.29, 1.82) is 0 Å². The van der Waals surface area contributed by atoms with E-state index in [4.69, 9.17) is 17.3 Å². The number of aromatic nitrogens is 1. The quantitative estimate of drug-likeness (QED) is 0.153. The van der Waals surface area contributed by atoms with Crippen LogP contribution in [0.1, 0.15) is 37.9 Å². The van der Waals surface area contributed by atoms with Gasteiger partial charge >= 0.3 is 0 Å². The smallest absolute Gasteiger partial charge is 0.274 e. The Bertz CT molecular complexity index is 1690. The highest BCUT2D eigenvalue weighted by Crippen LogP contribution is 2.45. The highest BCUT2D eigenvalue weighted by Gasteiger charge is 2.35. The Labute approximate surface area is 218 Å². The van der Waals surface area contributed by atoms with Gasteiger partial charge in [-0.2, -0.15) is 0 Å². The maximum atomic E-state index is 13.7. The Morgan fingerprint density at radius 2 is 1.76 bits per heavy atom. The molecule has 0 fully saturated rings. The lowest BCUT2D eigenvalue weighted by molar-refractivity contribution is 0.0979. The first kappa shape index (κ1) is 23.1. The van der Waals surface area contributed by atoms with Crippen LogP contribution in [0, 0.1) is 0 Å². The molecule has 1 aromatic heterocycles. The van der Waals surface area contributed by atoms with E-state index >= 15 is 0 Å². The van der Waals surface area contributed by atoms with E-state index in [1.807, 2.05) is 48.5 Å². The Kier molecular flexibility index (Phi) is 5.61. The van der Waals surface area contributed by atoms with Gasteiger partial charge in [0.1, 0.15) is 11.4 Å². The third-order valence-corrected chi connectivity index (χ3v) is 7.46. The van der Waals surface area contributed by atoms with Crippen LogP contribution in [0.4, 0.5) is 11.4 Å². The van der Waals surface area contributed by atoms with Gasteiger partial charge in [0.25, 0.3) is 5.91 Å². The Morgan fingerprint density at radius 3 is 2.51 bits per heavy atom. The summed E-state index contributed by atoms with van der Waals surface area (Å²) in [5, 5.41) is 13.2. The third-order valence-electron chi connectivity index (χ3n) is 7.09. The fraction of sp³-hybridized carbons (Fsp3) is 0.133. The second-order valence-corrected chi connectivity index (χ2v) is 9.78. The summed E-state index contributed by atoms with van der Waals surface area (Å²) in [7, 11) is 0. The van der Waals surface area contributed by atoms with Crippen LogP contribution >= 0.6 is 11.6 Å². The van der Waals surface area contributed by atoms with Crippen LogP contribution in [0.5, 0.6) is 5.75 Å². The molecule has 4 aromatic carbocycles. The number of carbonyl (C=O) groups excluding carboxylic acids is 2. The predicted molar refractivity (Wildman–Crippen MR) is 148 cm³/mol. The van der Waals surface area contributed by atoms with E-state index in [0.29, 0.717) is 35.1 Å². The molecule has 6 rings (SSSR count). The molecule has 0 aliphatic carbocycles. The summed E-state index contributed by atoms with van der Waals surface area (Å²) >= 11 is 6.32. The van der Waals surface area contributed by atoms with Gasteiger partial charge < -0.3 is 20.7 Å². The maximum absolute atomic E-state index is 13.7. The first-order chi connectivity index (χ1) is 17.9. The fourth-order valence-electron chi connectivity index (χ4n) is 5.25. The van der Waals surface area contributed by atoms with Crippen LogP contribution in [0.2, 0.25) is 0 Å². The summed E-state index contributed by atoms with van der Waals surface area (Å²) in [6.07, 6.45) is 0.248. The maximum Gasteiger partial charge on any atom is 0.274 e. The van der Waals surface area contributed by atoms with Gasteiger partial charge in [0.05, 0.1) is 5.69 Å². The number of aromatic hydroxyl groups is 1. The molecule has 7 heteroatoms. The number of Topliss-reactive ketones (excluding diaryl/α,β-unsaturated/α-hetero) is 1. The number of nitrogens with two attached hydrogens (primary N) is 1. The number of alkyl halides is 1. The van der Waals surface area contributed by atoms with Crippen LogP contribution in [0.25, 0.3) is 21.7 Å². The summed E-state index contributed by atoms with van der Waals surface area (Å²) in [5.41, 5.74) is 10.7. The molecule has 6 nitrogen and oxygen atoms in total. The monoisotopic (exact) mass is 509 g/mol. The highest BCUT2D eigenvalue weighted by molar-refractivity contribution is 6.19. The molecule has 0 spiro atoms. The van der Waals surface area contributed by atoms with Crippen molar-refractivity contribution in [1.82, 2.24) is 4.98 Å². The second-order valence-electron chi connectivity index (χ2n) is 9.47. The molecule has 1 unspecified atom stereocenters. The van der Waals surface area contributed by atoms with Crippen molar-refractivity contribution < 1.29 is 14.7 Å². The number of amides is 1. The van der Waals surface area contributed by atoms with E-state index in [-0.39, 0.29) is 29.8 Å². The van der Waals surface area contributed by atoms with Crippen LogP contribution < -0.4 is 10.6 Å². The molecule has 1 aliphatic heterocycles. The molecular formula is C30H24ClN3O3. The van der Waals surface area contributed by atoms with Crippen LogP contribution in [0.3, 0.4) is 0 Å². The molecule has 5 aromatic rings. The zero-order valence-electron chi connectivity index (χ0n) is 19.9. The van der Waals surface area contributed by atoms with Gasteiger partial charge in [0.2, 0.25) is 0 Å². The molecule has 2 heterocycles. The fourth-order valence-corrected chi connectivity index (χ4v) is 5.51. The number of halogens is 1. The molecule has 0 radical (unpaired) electrons. The van der Waals surface area contributed by atoms with Crippen molar-refractivity contribution in [3.8, 4) is 5.75 Å². The zero-order chi connectivity index (χ0) is 25.7. The summed E-state index contributed by atoms with van der Waals surface area (Å²) in [6.45, 7) is 0.432. The number of phenolic OH excluding ortho intramolecular Hbond substituents is 1. The minimum atomic E-state index is -0.195. The Balaban J connectivity index is 1.31. The first-order valence-electron chi connectivity index (χ1n) is 12.1. The number of nitrogens with zero attached hydrogens (tertiary/aromatic N) is 1. The lowest BCUT2D eigenvalue weighted by Gasteiger charge is -2.17. The number of nitrogen functional groups attached to an aromatic ring is 1. The zero-order valence-corrected chi connectivity index (χ0v) is 20.6. The van der Waals surface area contributed by atoms with E-state index in [9.17, 15) is 14.7 Å². The van der Waals surface area contributed by atoms with Gasteiger partial charge in [-0.05, 0) is 59.0 Å². The average molecular weight is 510 g/mol. The number of phenols is 1. The van der Waals surface area contributed by atoms with Crippen LogP contribution in [0.15, 0.2) is 78.9 Å². The van der Waals surface area contributed by atoms with E-state index < -0.39 is 0 Å². The number of anilines is 2. The minimum absolute atomic E-state index is 0.000917. The van der Waals surface area contributed by atoms with Gasteiger partial charge in [-0.15, -0.1) is 11.6 Å². The molecular weight excluding hydrogens is 486 g/mol. The standard InChI is InChI=1S/C30H24ClN3O3/c31-15-20-16-34(26-14-28(36)22-3-1-2-4-23(22)29(20)26)30(37)25-13-19-11-17(5-10-24(19)33-25)12-27(35)18-6-8-21(32)9-7-18/h1-11,13-14,20,33,36H,12,15-16,32H2. The average Bonchev–Trinajstić information content (AvgIpc) is 3.50. The molecule has 1 amide bonds. The summed E-state index contributed by atoms with van der Waals surface area (Å²) < 4.78 is 0. The van der Waals surface area contributed by atoms with Crippen LogP contribution in [-0.2, 0) is 6.42 Å². The predicted octanol–water partition coefficient (Wildman–Crippen LogP) is 6.02. The summed E-state index contributed by atoms with van der Waals surface area (Å²) in [6, 6.07) is 23.7. The van der Waals surface area contributed by atoms with Crippen LogP contribution in [-0.4, -0.2) is 34.2 Å². The molecule has 1 atom stereocenters.